The van der Waals surface area contributed by atoms with Crippen LogP contribution in [0.5, 0.6) is 0 Å². The minimum absolute atomic E-state index is 0.0844. The molecule has 2 aliphatic rings. The van der Waals surface area contributed by atoms with Gasteiger partial charge in [0, 0.05) is 25.6 Å². The molecule has 1 atom stereocenters. The topological polar surface area (TPSA) is 109 Å². The van der Waals surface area contributed by atoms with Crippen molar-refractivity contribution in [2.75, 3.05) is 13.1 Å². The number of nitrogens with zero attached hydrogens (tertiary/aromatic N) is 3. The summed E-state index contributed by atoms with van der Waals surface area (Å²) in [5.41, 5.74) is -0.723. The van der Waals surface area contributed by atoms with Crippen molar-refractivity contribution in [2.45, 2.75) is 64.1 Å². The van der Waals surface area contributed by atoms with Gasteiger partial charge in [0.05, 0.1) is 19.1 Å². The average Bonchev–Trinajstić information content (AvgIpc) is 3.50. The molecule has 3 heterocycles. The average molecular weight is 428 g/mol. The number of carbonyl (C=O) groups is 3. The van der Waals surface area contributed by atoms with Gasteiger partial charge in [-0.25, -0.2) is 4.98 Å². The normalized spacial score (nSPS) is 21.2. The van der Waals surface area contributed by atoms with E-state index >= 15 is 0 Å². The van der Waals surface area contributed by atoms with Gasteiger partial charge in [-0.3, -0.25) is 14.4 Å². The van der Waals surface area contributed by atoms with Gasteiger partial charge in [0.15, 0.2) is 5.69 Å². The molecule has 9 heteroatoms. The summed E-state index contributed by atoms with van der Waals surface area (Å²) < 4.78 is 6.89. The predicted molar refractivity (Wildman–Crippen MR) is 112 cm³/mol. The van der Waals surface area contributed by atoms with Crippen LogP contribution in [0.15, 0.2) is 29.1 Å². The van der Waals surface area contributed by atoms with E-state index in [0.29, 0.717) is 19.5 Å². The lowest BCUT2D eigenvalue weighted by molar-refractivity contribution is -0.133. The minimum atomic E-state index is -1.03. The third-order valence-corrected chi connectivity index (χ3v) is 6.31. The third kappa shape index (κ3) is 3.96. The first-order valence-electron chi connectivity index (χ1n) is 10.9. The highest BCUT2D eigenvalue weighted by molar-refractivity contribution is 6.07. The molecule has 0 unspecified atom stereocenters. The zero-order valence-corrected chi connectivity index (χ0v) is 18.0. The molecule has 1 fully saturated rings. The number of carbonyl (C=O) groups excluding carboxylic acids is 3. The van der Waals surface area contributed by atoms with Gasteiger partial charge in [0.25, 0.3) is 11.8 Å². The Morgan fingerprint density at radius 1 is 1.32 bits per heavy atom. The van der Waals surface area contributed by atoms with Crippen molar-refractivity contribution in [3.05, 3.63) is 41.9 Å². The zero-order chi connectivity index (χ0) is 22.0. The Balaban J connectivity index is 1.51. The number of furan rings is 1. The van der Waals surface area contributed by atoms with Gasteiger partial charge in [-0.15, -0.1) is 0 Å². The molecule has 31 heavy (non-hydrogen) atoms. The molecule has 2 aromatic rings. The number of aromatic nitrogens is 2. The molecule has 0 saturated heterocycles. The number of amides is 3. The van der Waals surface area contributed by atoms with Crippen molar-refractivity contribution < 1.29 is 18.8 Å². The highest BCUT2D eigenvalue weighted by Gasteiger charge is 2.48. The number of imidazole rings is 1. The van der Waals surface area contributed by atoms with Crippen molar-refractivity contribution in [1.29, 1.82) is 0 Å². The van der Waals surface area contributed by atoms with Crippen LogP contribution in [0.2, 0.25) is 0 Å². The van der Waals surface area contributed by atoms with Gasteiger partial charge >= 0.3 is 0 Å². The van der Waals surface area contributed by atoms with E-state index in [1.807, 2.05) is 13.0 Å². The summed E-state index contributed by atoms with van der Waals surface area (Å²) in [5.74, 6) is -0.155. The molecule has 1 saturated carbocycles. The molecule has 3 amide bonds. The summed E-state index contributed by atoms with van der Waals surface area (Å²) in [6.07, 6.45) is 7.78. The van der Waals surface area contributed by atoms with E-state index in [2.05, 4.69) is 15.6 Å². The van der Waals surface area contributed by atoms with Crippen LogP contribution >= 0.6 is 0 Å². The van der Waals surface area contributed by atoms with Gasteiger partial charge in [0.1, 0.15) is 17.0 Å². The van der Waals surface area contributed by atoms with E-state index < -0.39 is 11.4 Å². The highest BCUT2D eigenvalue weighted by atomic mass is 16.3. The first-order valence-corrected chi connectivity index (χ1v) is 10.9. The fourth-order valence-electron chi connectivity index (χ4n) is 4.60. The molecular formula is C22H29N5O4. The van der Waals surface area contributed by atoms with Crippen molar-refractivity contribution >= 4 is 17.7 Å². The van der Waals surface area contributed by atoms with E-state index in [1.165, 1.54) is 6.33 Å². The van der Waals surface area contributed by atoms with E-state index in [1.54, 1.807) is 28.7 Å². The monoisotopic (exact) mass is 427 g/mol. The zero-order valence-electron chi connectivity index (χ0n) is 18.0. The van der Waals surface area contributed by atoms with Crippen LogP contribution in [-0.2, 0) is 17.8 Å². The van der Waals surface area contributed by atoms with Gasteiger partial charge in [-0.2, -0.15) is 0 Å². The Hall–Kier alpha value is -3.10. The van der Waals surface area contributed by atoms with Gasteiger partial charge in [-0.05, 0) is 38.8 Å². The molecule has 166 valence electrons. The lowest BCUT2D eigenvalue weighted by atomic mass is 9.94. The minimum Gasteiger partial charge on any atom is -0.469 e. The Bertz CT molecular complexity index is 961. The number of rotatable bonds is 7. The highest BCUT2D eigenvalue weighted by Crippen LogP contribution is 2.29. The standard InChI is InChI=1S/C22H29N5O4/c1-3-27-20(29)18-17(19(28)23-11-10-16-9-6-12-31-16)24-14-26(18)13-22(27,2)21(30)25-15-7-4-5-8-15/h6,9,12,14-15H,3-5,7-8,10-11,13H2,1-2H3,(H,23,28)(H,25,30)/t22-/m1/s1. The Morgan fingerprint density at radius 3 is 2.77 bits per heavy atom. The lowest BCUT2D eigenvalue weighted by Crippen LogP contribution is -2.64. The second-order valence-corrected chi connectivity index (χ2v) is 8.43. The van der Waals surface area contributed by atoms with Crippen LogP contribution in [0, 0.1) is 0 Å². The number of nitrogens with one attached hydrogen (secondary N) is 2. The Labute approximate surface area is 181 Å². The van der Waals surface area contributed by atoms with E-state index in [0.717, 1.165) is 31.4 Å². The summed E-state index contributed by atoms with van der Waals surface area (Å²) in [6, 6.07) is 3.80. The van der Waals surface area contributed by atoms with Gasteiger partial charge in [0.2, 0.25) is 5.91 Å². The number of hydrogen-bond donors (Lipinski definition) is 2. The van der Waals surface area contributed by atoms with Crippen molar-refractivity contribution in [2.24, 2.45) is 0 Å². The van der Waals surface area contributed by atoms with E-state index in [-0.39, 0.29) is 35.8 Å². The fourth-order valence-corrected chi connectivity index (χ4v) is 4.60. The molecule has 0 aromatic carbocycles. The molecule has 4 rings (SSSR count). The fraction of sp³-hybridized carbons (Fsp3) is 0.545. The molecular weight excluding hydrogens is 398 g/mol. The van der Waals surface area contributed by atoms with E-state index in [4.69, 9.17) is 4.42 Å². The smallest absolute Gasteiger partial charge is 0.273 e. The van der Waals surface area contributed by atoms with Crippen LogP contribution < -0.4 is 10.6 Å². The Kier molecular flexibility index (Phi) is 5.84. The van der Waals surface area contributed by atoms with Crippen LogP contribution in [0.25, 0.3) is 0 Å². The van der Waals surface area contributed by atoms with Crippen molar-refractivity contribution in [1.82, 2.24) is 25.1 Å². The van der Waals surface area contributed by atoms with Crippen molar-refractivity contribution in [3.8, 4) is 0 Å². The maximum atomic E-state index is 13.3. The van der Waals surface area contributed by atoms with Gasteiger partial charge < -0.3 is 24.5 Å². The van der Waals surface area contributed by atoms with Crippen LogP contribution in [0.3, 0.4) is 0 Å². The van der Waals surface area contributed by atoms with Crippen LogP contribution in [0.1, 0.15) is 66.3 Å². The molecule has 0 bridgehead atoms. The lowest BCUT2D eigenvalue weighted by Gasteiger charge is -2.43. The summed E-state index contributed by atoms with van der Waals surface area (Å²) in [6.45, 7) is 4.61. The molecule has 2 aromatic heterocycles. The molecule has 0 spiro atoms. The van der Waals surface area contributed by atoms with Crippen LogP contribution in [0.4, 0.5) is 0 Å². The number of fused-ring (bicyclic) bond motifs is 1. The van der Waals surface area contributed by atoms with E-state index in [9.17, 15) is 14.4 Å². The van der Waals surface area contributed by atoms with Gasteiger partial charge in [-0.1, -0.05) is 12.8 Å². The second-order valence-electron chi connectivity index (χ2n) is 8.43. The first kappa shape index (κ1) is 21.1. The summed E-state index contributed by atoms with van der Waals surface area (Å²) in [7, 11) is 0. The molecule has 1 aliphatic carbocycles. The number of hydrogen-bond acceptors (Lipinski definition) is 5. The summed E-state index contributed by atoms with van der Waals surface area (Å²) in [4.78, 5) is 45.0. The SMILES string of the molecule is CCN1C(=O)c2c(C(=O)NCCc3ccco3)ncn2C[C@]1(C)C(=O)NC1CCCC1. The maximum Gasteiger partial charge on any atom is 0.273 e. The van der Waals surface area contributed by atoms with Crippen LogP contribution in [-0.4, -0.2) is 56.8 Å². The predicted octanol–water partition coefficient (Wildman–Crippen LogP) is 1.74. The maximum absolute atomic E-state index is 13.3. The van der Waals surface area contributed by atoms with Crippen molar-refractivity contribution in [3.63, 3.8) is 0 Å². The Morgan fingerprint density at radius 2 is 2.10 bits per heavy atom. The largest absolute Gasteiger partial charge is 0.469 e. The molecule has 0 radical (unpaired) electrons. The quantitative estimate of drug-likeness (QED) is 0.700. The molecule has 2 N–H and O–H groups in total. The third-order valence-electron chi connectivity index (χ3n) is 6.31. The molecule has 9 nitrogen and oxygen atoms in total. The molecule has 1 aliphatic heterocycles. The summed E-state index contributed by atoms with van der Waals surface area (Å²) >= 11 is 0. The summed E-state index contributed by atoms with van der Waals surface area (Å²) in [5, 5.41) is 5.91. The second kappa shape index (κ2) is 8.56. The number of likely N-dealkylation sites (N-methyl/N-ethyl adjacent to an activating group) is 1. The first-order chi connectivity index (χ1) is 14.9.